The molecule has 2 fully saturated rings. The molecule has 0 aliphatic heterocycles. The molecule has 150 valence electrons. The van der Waals surface area contributed by atoms with Crippen molar-refractivity contribution in [1.29, 1.82) is 0 Å². The second kappa shape index (κ2) is 6.53. The van der Waals surface area contributed by atoms with Gasteiger partial charge in [0.25, 0.3) is 0 Å². The van der Waals surface area contributed by atoms with Crippen LogP contribution in [-0.4, -0.2) is 17.5 Å². The molecular weight excluding hydrogens is 386 g/mol. The topological polar surface area (TPSA) is 63.2 Å². The summed E-state index contributed by atoms with van der Waals surface area (Å²) >= 11 is 6.15. The van der Waals surface area contributed by atoms with Crippen molar-refractivity contribution in [3.05, 3.63) is 64.7 Å². The molecule has 0 aromatic heterocycles. The van der Waals surface area contributed by atoms with Crippen LogP contribution in [0.15, 0.2) is 48.5 Å². The molecule has 2 aromatic rings. The molecule has 0 heterocycles. The third kappa shape index (κ3) is 2.69. The zero-order chi connectivity index (χ0) is 21.0. The minimum absolute atomic E-state index is 0.153. The summed E-state index contributed by atoms with van der Waals surface area (Å²) in [6, 6.07) is 13.8. The van der Waals surface area contributed by atoms with Crippen LogP contribution in [0.4, 0.5) is 5.69 Å². The molecule has 29 heavy (non-hydrogen) atoms. The molecular formula is C24H24ClNO3. The molecule has 0 spiro atoms. The maximum Gasteiger partial charge on any atom is 0.231 e. The van der Waals surface area contributed by atoms with Crippen LogP contribution in [0.25, 0.3) is 0 Å². The van der Waals surface area contributed by atoms with Gasteiger partial charge in [-0.05, 0) is 36.5 Å². The number of Topliss-reactive ketones (excluding diaryl/α,β-unsaturated/α-hetero) is 1. The number of hydrogen-bond acceptors (Lipinski definition) is 3. The zero-order valence-corrected chi connectivity index (χ0v) is 17.6. The van der Waals surface area contributed by atoms with Crippen LogP contribution in [0.2, 0.25) is 5.02 Å². The molecule has 2 aromatic carbocycles. The number of ketones is 2. The predicted molar refractivity (Wildman–Crippen MR) is 113 cm³/mol. The van der Waals surface area contributed by atoms with Gasteiger partial charge >= 0.3 is 0 Å². The predicted octanol–water partition coefficient (Wildman–Crippen LogP) is 5.30. The molecule has 5 heteroatoms. The molecule has 2 aliphatic rings. The molecule has 0 unspecified atom stereocenters. The summed E-state index contributed by atoms with van der Waals surface area (Å²) in [5, 5.41) is 3.39. The maximum absolute atomic E-state index is 13.5. The molecule has 2 atom stereocenters. The third-order valence-electron chi connectivity index (χ3n) is 7.65. The highest BCUT2D eigenvalue weighted by atomic mass is 35.5. The molecule has 0 saturated heterocycles. The number of fused-ring (bicyclic) bond motifs is 2. The highest BCUT2D eigenvalue weighted by molar-refractivity contribution is 6.31. The Bertz CT molecular complexity index is 1030. The van der Waals surface area contributed by atoms with E-state index in [9.17, 15) is 14.4 Å². The number of benzene rings is 2. The van der Waals surface area contributed by atoms with Gasteiger partial charge in [0, 0.05) is 28.0 Å². The van der Waals surface area contributed by atoms with Gasteiger partial charge in [-0.2, -0.15) is 0 Å². The lowest BCUT2D eigenvalue weighted by atomic mass is 9.64. The second-order valence-corrected chi connectivity index (χ2v) is 9.41. The minimum atomic E-state index is -0.758. The van der Waals surface area contributed by atoms with E-state index in [0.717, 1.165) is 0 Å². The van der Waals surface area contributed by atoms with E-state index in [0.29, 0.717) is 34.7 Å². The van der Waals surface area contributed by atoms with Gasteiger partial charge in [0.1, 0.15) is 5.78 Å². The Morgan fingerprint density at radius 2 is 1.69 bits per heavy atom. The first-order valence-corrected chi connectivity index (χ1v) is 10.2. The van der Waals surface area contributed by atoms with E-state index in [2.05, 4.69) is 5.32 Å². The van der Waals surface area contributed by atoms with Gasteiger partial charge in [-0.25, -0.2) is 0 Å². The Hall–Kier alpha value is -2.46. The third-order valence-corrected chi connectivity index (χ3v) is 7.89. The molecule has 1 amide bonds. The van der Waals surface area contributed by atoms with Crippen LogP contribution in [0, 0.1) is 16.2 Å². The smallest absolute Gasteiger partial charge is 0.231 e. The first-order chi connectivity index (χ1) is 13.6. The number of hydrogen-bond donors (Lipinski definition) is 1. The van der Waals surface area contributed by atoms with Gasteiger partial charge in [0.05, 0.1) is 11.1 Å². The Labute approximate surface area is 175 Å². The largest absolute Gasteiger partial charge is 0.325 e. The minimum Gasteiger partial charge on any atom is -0.325 e. The first-order valence-electron chi connectivity index (χ1n) is 9.86. The summed E-state index contributed by atoms with van der Waals surface area (Å²) in [7, 11) is 0. The molecule has 4 nitrogen and oxygen atoms in total. The van der Waals surface area contributed by atoms with E-state index in [-0.39, 0.29) is 23.9 Å². The van der Waals surface area contributed by atoms with Crippen LogP contribution < -0.4 is 5.32 Å². The van der Waals surface area contributed by atoms with Crippen molar-refractivity contribution in [1.82, 2.24) is 0 Å². The van der Waals surface area contributed by atoms with Crippen molar-refractivity contribution in [2.24, 2.45) is 16.2 Å². The lowest BCUT2D eigenvalue weighted by molar-refractivity contribution is -0.131. The summed E-state index contributed by atoms with van der Waals surface area (Å²) in [4.78, 5) is 39.2. The number of carbonyl (C=O) groups is 3. The van der Waals surface area contributed by atoms with E-state index in [1.807, 2.05) is 26.8 Å². The fourth-order valence-corrected chi connectivity index (χ4v) is 5.33. The number of carbonyl (C=O) groups excluding carboxylic acids is 3. The fourth-order valence-electron chi connectivity index (χ4n) is 5.16. The highest BCUT2D eigenvalue weighted by Gasteiger charge is 2.72. The van der Waals surface area contributed by atoms with Crippen LogP contribution in [0.1, 0.15) is 56.0 Å². The van der Waals surface area contributed by atoms with Gasteiger partial charge in [-0.1, -0.05) is 62.7 Å². The molecule has 0 radical (unpaired) electrons. The van der Waals surface area contributed by atoms with Crippen LogP contribution >= 0.6 is 11.6 Å². The van der Waals surface area contributed by atoms with Gasteiger partial charge in [0.15, 0.2) is 5.78 Å². The van der Waals surface area contributed by atoms with Crippen molar-refractivity contribution in [3.63, 3.8) is 0 Å². The maximum atomic E-state index is 13.5. The normalized spacial score (nSPS) is 27.1. The molecule has 1 N–H and O–H groups in total. The van der Waals surface area contributed by atoms with Crippen molar-refractivity contribution in [2.45, 2.75) is 40.0 Å². The Morgan fingerprint density at radius 1 is 1.00 bits per heavy atom. The Morgan fingerprint density at radius 3 is 2.28 bits per heavy atom. The average Bonchev–Trinajstić information content (AvgIpc) is 3.00. The molecule has 4 rings (SSSR count). The van der Waals surface area contributed by atoms with E-state index < -0.39 is 16.2 Å². The summed E-state index contributed by atoms with van der Waals surface area (Å²) in [6.45, 7) is 6.01. The molecule has 2 saturated carbocycles. The second-order valence-electron chi connectivity index (χ2n) is 8.98. The van der Waals surface area contributed by atoms with Crippen molar-refractivity contribution in [2.75, 3.05) is 5.32 Å². The summed E-state index contributed by atoms with van der Waals surface area (Å²) < 4.78 is 0. The lowest BCUT2D eigenvalue weighted by Gasteiger charge is -2.38. The summed E-state index contributed by atoms with van der Waals surface area (Å²) in [5.74, 6) is -0.249. The van der Waals surface area contributed by atoms with Crippen LogP contribution in [0.3, 0.4) is 0 Å². The van der Waals surface area contributed by atoms with Gasteiger partial charge in [0.2, 0.25) is 5.91 Å². The van der Waals surface area contributed by atoms with Gasteiger partial charge < -0.3 is 5.32 Å². The van der Waals surface area contributed by atoms with Crippen molar-refractivity contribution >= 4 is 34.8 Å². The molecule has 2 bridgehead atoms. The van der Waals surface area contributed by atoms with Crippen LogP contribution in [-0.2, 0) is 9.59 Å². The Balaban J connectivity index is 1.70. The highest BCUT2D eigenvalue weighted by Crippen LogP contribution is 2.70. The number of rotatable bonds is 4. The van der Waals surface area contributed by atoms with E-state index in [4.69, 9.17) is 11.6 Å². The number of nitrogens with one attached hydrogen (secondary N) is 1. The van der Waals surface area contributed by atoms with E-state index in [1.54, 1.807) is 42.5 Å². The monoisotopic (exact) mass is 409 g/mol. The fraction of sp³-hybridized carbons (Fsp3) is 0.375. The summed E-state index contributed by atoms with van der Waals surface area (Å²) in [5.41, 5.74) is -0.397. The Kier molecular flexibility index (Phi) is 4.47. The first kappa shape index (κ1) is 19.8. The number of halogens is 1. The van der Waals surface area contributed by atoms with Crippen molar-refractivity contribution < 1.29 is 14.4 Å². The van der Waals surface area contributed by atoms with E-state index in [1.165, 1.54) is 0 Å². The summed E-state index contributed by atoms with van der Waals surface area (Å²) in [6.07, 6.45) is 1.63. The van der Waals surface area contributed by atoms with Gasteiger partial charge in [-0.15, -0.1) is 0 Å². The van der Waals surface area contributed by atoms with Gasteiger partial charge in [-0.3, -0.25) is 14.4 Å². The quantitative estimate of drug-likeness (QED) is 0.697. The lowest BCUT2D eigenvalue weighted by Crippen LogP contribution is -2.43. The number of anilines is 1. The van der Waals surface area contributed by atoms with Crippen molar-refractivity contribution in [3.8, 4) is 0 Å². The number of amides is 1. The SMILES string of the molecule is CC1(C)[C@@]2(C(=O)Nc3ccc(Cl)cc3C(=O)c3ccccc3)CC[C@]1(C)C(=O)C2. The zero-order valence-electron chi connectivity index (χ0n) is 16.8. The van der Waals surface area contributed by atoms with Crippen LogP contribution in [0.5, 0.6) is 0 Å². The standard InChI is InChI=1S/C24H24ClNO3/c1-22(2)23(3)11-12-24(22,14-19(23)27)21(29)26-18-10-9-16(25)13-17(18)20(28)15-7-5-4-6-8-15/h4-10,13H,11-12,14H2,1-3H3,(H,26,29)/t23-,24+/m1/s1. The average molecular weight is 410 g/mol. The van der Waals surface area contributed by atoms with E-state index >= 15 is 0 Å². The molecule has 2 aliphatic carbocycles.